The van der Waals surface area contributed by atoms with Gasteiger partial charge in [-0.2, -0.15) is 4.31 Å². The molecule has 1 amide bonds. The number of thiophene rings is 1. The summed E-state index contributed by atoms with van der Waals surface area (Å²) < 4.78 is 41.0. The summed E-state index contributed by atoms with van der Waals surface area (Å²) >= 11 is 4.72. The topological polar surface area (TPSA) is 57.7 Å². The lowest BCUT2D eigenvalue weighted by atomic mass is 10.2. The molecule has 9 heteroatoms. The average molecular weight is 461 g/mol. The van der Waals surface area contributed by atoms with Crippen molar-refractivity contribution < 1.29 is 17.6 Å². The number of rotatable bonds is 3. The highest BCUT2D eigenvalue weighted by molar-refractivity contribution is 9.10. The zero-order chi connectivity index (χ0) is 19.1. The van der Waals surface area contributed by atoms with Crippen molar-refractivity contribution in [1.82, 2.24) is 9.21 Å². The molecule has 2 heterocycles. The van der Waals surface area contributed by atoms with E-state index in [0.29, 0.717) is 9.37 Å². The molecule has 5 nitrogen and oxygen atoms in total. The molecule has 0 radical (unpaired) electrons. The molecule has 3 rings (SSSR count). The van der Waals surface area contributed by atoms with Gasteiger partial charge in [-0.3, -0.25) is 4.79 Å². The Bertz CT molecular complexity index is 951. The molecule has 1 aromatic heterocycles. The van der Waals surface area contributed by atoms with Crippen molar-refractivity contribution in [2.45, 2.75) is 18.7 Å². The lowest BCUT2D eigenvalue weighted by Crippen LogP contribution is -2.50. The molecule has 26 heavy (non-hydrogen) atoms. The van der Waals surface area contributed by atoms with Crippen LogP contribution in [0.15, 0.2) is 33.6 Å². The van der Waals surface area contributed by atoms with Crippen LogP contribution in [-0.4, -0.2) is 49.7 Å². The van der Waals surface area contributed by atoms with Gasteiger partial charge in [-0.05, 0) is 54.0 Å². The molecule has 1 aliphatic rings. The first-order chi connectivity index (χ1) is 12.2. The van der Waals surface area contributed by atoms with E-state index in [0.717, 1.165) is 9.75 Å². The summed E-state index contributed by atoms with van der Waals surface area (Å²) in [7, 11) is -3.56. The fourth-order valence-electron chi connectivity index (χ4n) is 2.97. The van der Waals surface area contributed by atoms with E-state index >= 15 is 0 Å². The number of carbonyl (C=O) groups excluding carboxylic acids is 1. The first-order valence-corrected chi connectivity index (χ1v) is 11.1. The number of halogens is 2. The Kier molecular flexibility index (Phi) is 5.53. The van der Waals surface area contributed by atoms with Crippen LogP contribution < -0.4 is 0 Å². The number of aryl methyl sites for hydroxylation is 2. The molecular weight excluding hydrogens is 443 g/mol. The van der Waals surface area contributed by atoms with Crippen LogP contribution in [0.1, 0.15) is 20.1 Å². The van der Waals surface area contributed by atoms with Crippen LogP contribution in [0.25, 0.3) is 0 Å². The summed E-state index contributed by atoms with van der Waals surface area (Å²) in [5, 5.41) is 0. The van der Waals surface area contributed by atoms with Gasteiger partial charge in [0.05, 0.1) is 10.5 Å². The van der Waals surface area contributed by atoms with Crippen molar-refractivity contribution in [3.05, 3.63) is 49.9 Å². The average Bonchev–Trinajstić information content (AvgIpc) is 2.95. The number of amides is 1. The summed E-state index contributed by atoms with van der Waals surface area (Å²) in [6, 6.07) is 5.64. The molecule has 0 spiro atoms. The van der Waals surface area contributed by atoms with Gasteiger partial charge in [0, 0.05) is 40.4 Å². The van der Waals surface area contributed by atoms with Crippen LogP contribution >= 0.6 is 27.3 Å². The quantitative estimate of drug-likeness (QED) is 0.704. The smallest absolute Gasteiger partial charge is 0.255 e. The number of benzene rings is 1. The third kappa shape index (κ3) is 3.71. The Morgan fingerprint density at radius 3 is 2.38 bits per heavy atom. The molecule has 1 saturated heterocycles. The number of piperazine rings is 1. The number of hydrogen-bond donors (Lipinski definition) is 0. The van der Waals surface area contributed by atoms with Crippen molar-refractivity contribution >= 4 is 43.2 Å². The third-order valence-electron chi connectivity index (χ3n) is 4.30. The van der Waals surface area contributed by atoms with Crippen molar-refractivity contribution in [3.8, 4) is 0 Å². The normalized spacial score (nSPS) is 16.1. The van der Waals surface area contributed by atoms with Crippen LogP contribution in [0.2, 0.25) is 0 Å². The molecule has 0 atom stereocenters. The minimum absolute atomic E-state index is 0.218. The largest absolute Gasteiger partial charge is 0.336 e. The number of carbonyl (C=O) groups is 1. The molecule has 1 aliphatic heterocycles. The zero-order valence-corrected chi connectivity index (χ0v) is 17.5. The molecule has 0 aliphatic carbocycles. The highest BCUT2D eigenvalue weighted by atomic mass is 79.9. The second-order valence-corrected chi connectivity index (χ2v) is 10.3. The van der Waals surface area contributed by atoms with E-state index in [1.165, 1.54) is 33.8 Å². The van der Waals surface area contributed by atoms with Crippen molar-refractivity contribution in [2.75, 3.05) is 26.2 Å². The van der Waals surface area contributed by atoms with Crippen LogP contribution in [-0.2, 0) is 10.0 Å². The van der Waals surface area contributed by atoms with Crippen molar-refractivity contribution in [3.63, 3.8) is 0 Å². The third-order valence-corrected chi connectivity index (χ3v) is 8.11. The van der Waals surface area contributed by atoms with E-state index in [4.69, 9.17) is 0 Å². The standard InChI is InChI=1S/C17H18BrFN2O3S2/c1-11-9-16(12(2)25-11)26(23,24)21-7-5-20(6-8-21)17(22)14-10-13(19)3-4-15(14)18/h3-4,9-10H,5-8H2,1-2H3. The number of hydrogen-bond acceptors (Lipinski definition) is 4. The maximum atomic E-state index is 13.4. The van der Waals surface area contributed by atoms with Crippen LogP contribution in [0.4, 0.5) is 4.39 Å². The molecule has 0 bridgehead atoms. The Labute approximate surface area is 164 Å². The monoisotopic (exact) mass is 460 g/mol. The summed E-state index contributed by atoms with van der Waals surface area (Å²) in [5.41, 5.74) is 0.241. The fraction of sp³-hybridized carbons (Fsp3) is 0.353. The molecule has 1 fully saturated rings. The van der Waals surface area contributed by atoms with Gasteiger partial charge in [-0.1, -0.05) is 0 Å². The van der Waals surface area contributed by atoms with Crippen LogP contribution in [0, 0.1) is 19.7 Å². The molecular formula is C17H18BrFN2O3S2. The molecule has 0 unspecified atom stereocenters. The van der Waals surface area contributed by atoms with E-state index in [-0.39, 0.29) is 37.6 Å². The van der Waals surface area contributed by atoms with E-state index in [9.17, 15) is 17.6 Å². The highest BCUT2D eigenvalue weighted by Crippen LogP contribution is 2.28. The number of nitrogens with zero attached hydrogens (tertiary/aromatic N) is 2. The molecule has 140 valence electrons. The van der Waals surface area contributed by atoms with Gasteiger partial charge in [-0.15, -0.1) is 11.3 Å². The molecule has 2 aromatic rings. The van der Waals surface area contributed by atoms with E-state index in [1.807, 2.05) is 6.92 Å². The Balaban J connectivity index is 1.74. The minimum Gasteiger partial charge on any atom is -0.336 e. The first-order valence-electron chi connectivity index (χ1n) is 8.01. The Morgan fingerprint density at radius 2 is 1.81 bits per heavy atom. The van der Waals surface area contributed by atoms with Gasteiger partial charge in [0.2, 0.25) is 10.0 Å². The predicted molar refractivity (Wildman–Crippen MR) is 103 cm³/mol. The molecule has 1 aromatic carbocycles. The summed E-state index contributed by atoms with van der Waals surface area (Å²) in [6.07, 6.45) is 0. The first kappa shape index (κ1) is 19.5. The van der Waals surface area contributed by atoms with E-state index in [1.54, 1.807) is 17.9 Å². The molecule has 0 N–H and O–H groups in total. The summed E-state index contributed by atoms with van der Waals surface area (Å²) in [4.78, 5) is 16.2. The predicted octanol–water partition coefficient (Wildman–Crippen LogP) is 3.41. The lowest BCUT2D eigenvalue weighted by molar-refractivity contribution is 0.0696. The second kappa shape index (κ2) is 7.38. The van der Waals surface area contributed by atoms with Gasteiger partial charge in [0.25, 0.3) is 5.91 Å². The minimum atomic E-state index is -3.56. The van der Waals surface area contributed by atoms with Crippen molar-refractivity contribution in [1.29, 1.82) is 0 Å². The van der Waals surface area contributed by atoms with Gasteiger partial charge < -0.3 is 4.90 Å². The van der Waals surface area contributed by atoms with Crippen LogP contribution in [0.5, 0.6) is 0 Å². The second-order valence-electron chi connectivity index (χ2n) is 6.10. The van der Waals surface area contributed by atoms with Gasteiger partial charge in [0.1, 0.15) is 5.82 Å². The lowest BCUT2D eigenvalue weighted by Gasteiger charge is -2.34. The summed E-state index contributed by atoms with van der Waals surface area (Å²) in [5.74, 6) is -0.794. The van der Waals surface area contributed by atoms with Gasteiger partial charge >= 0.3 is 0 Å². The Hall–Kier alpha value is -1.29. The highest BCUT2D eigenvalue weighted by Gasteiger charge is 2.32. The maximum Gasteiger partial charge on any atom is 0.255 e. The van der Waals surface area contributed by atoms with Crippen LogP contribution in [0.3, 0.4) is 0 Å². The van der Waals surface area contributed by atoms with E-state index < -0.39 is 15.8 Å². The SMILES string of the molecule is Cc1cc(S(=O)(=O)N2CCN(C(=O)c3cc(F)ccc3Br)CC2)c(C)s1. The zero-order valence-electron chi connectivity index (χ0n) is 14.3. The van der Waals surface area contributed by atoms with E-state index in [2.05, 4.69) is 15.9 Å². The fourth-order valence-corrected chi connectivity index (χ4v) is 6.33. The molecule has 0 saturated carbocycles. The maximum absolute atomic E-state index is 13.4. The van der Waals surface area contributed by atoms with Crippen molar-refractivity contribution in [2.24, 2.45) is 0 Å². The Morgan fingerprint density at radius 1 is 1.15 bits per heavy atom. The summed E-state index contributed by atoms with van der Waals surface area (Å²) in [6.45, 7) is 4.65. The van der Waals surface area contributed by atoms with Gasteiger partial charge in [-0.25, -0.2) is 12.8 Å². The van der Waals surface area contributed by atoms with Gasteiger partial charge in [0.15, 0.2) is 0 Å². The number of sulfonamides is 1.